The van der Waals surface area contributed by atoms with Gasteiger partial charge in [-0.2, -0.15) is 18.3 Å². The summed E-state index contributed by atoms with van der Waals surface area (Å²) in [6.45, 7) is 5.04. The molecule has 14 heteroatoms. The maximum atomic E-state index is 14.7. The van der Waals surface area contributed by atoms with Crippen molar-refractivity contribution >= 4 is 10.8 Å². The van der Waals surface area contributed by atoms with Crippen molar-refractivity contribution in [2.75, 3.05) is 0 Å². The predicted octanol–water partition coefficient (Wildman–Crippen LogP) is 4.46. The number of benzene rings is 1. The molecular formula is C26H26F5N5O4. The summed E-state index contributed by atoms with van der Waals surface area (Å²) in [6.07, 6.45) is 0.00574. The Labute approximate surface area is 224 Å². The standard InChI is InChI=1S/C21H23F2N3O2.C5H3F3N2O2/c1-4-5-15(22)12-26-7-6-13-8-17(18(23)9-16(13)20(26)27)19-24-10-14(11-25-19)21(2,3)28;6-5(7,8)3-2(11)1-9-10-4(3)12/h6-11,15,28H,4-5,12H2,1-3H3;1H,(H2,10,11,12). The molecule has 0 aliphatic carbocycles. The van der Waals surface area contributed by atoms with Crippen LogP contribution in [0.4, 0.5) is 22.0 Å². The van der Waals surface area contributed by atoms with E-state index in [1.165, 1.54) is 29.2 Å². The lowest BCUT2D eigenvalue weighted by Crippen LogP contribution is -2.24. The van der Waals surface area contributed by atoms with Crippen LogP contribution in [0.3, 0.4) is 0 Å². The number of hydrogen-bond acceptors (Lipinski definition) is 7. The summed E-state index contributed by atoms with van der Waals surface area (Å²) in [5.41, 5.74) is -3.95. The van der Waals surface area contributed by atoms with Crippen LogP contribution in [0.15, 0.2) is 52.6 Å². The van der Waals surface area contributed by atoms with Gasteiger partial charge in [-0.15, -0.1) is 0 Å². The molecule has 0 spiro atoms. The first-order valence-corrected chi connectivity index (χ1v) is 12.0. The molecule has 4 rings (SSSR count). The van der Waals surface area contributed by atoms with Gasteiger partial charge in [0.25, 0.3) is 11.1 Å². The normalized spacial score (nSPS) is 12.6. The van der Waals surface area contributed by atoms with Gasteiger partial charge in [0.1, 0.15) is 12.0 Å². The fourth-order valence-electron chi connectivity index (χ4n) is 3.68. The summed E-state index contributed by atoms with van der Waals surface area (Å²) < 4.78 is 65.5. The third kappa shape index (κ3) is 7.05. The summed E-state index contributed by atoms with van der Waals surface area (Å²) in [5, 5.41) is 23.8. The molecule has 0 amide bonds. The number of fused-ring (bicyclic) bond motifs is 1. The summed E-state index contributed by atoms with van der Waals surface area (Å²) in [4.78, 5) is 31.4. The number of alkyl halides is 4. The van der Waals surface area contributed by atoms with Gasteiger partial charge in [0.15, 0.2) is 17.1 Å². The van der Waals surface area contributed by atoms with Gasteiger partial charge in [-0.25, -0.2) is 23.8 Å². The van der Waals surface area contributed by atoms with E-state index in [-0.39, 0.29) is 23.3 Å². The van der Waals surface area contributed by atoms with Crippen LogP contribution in [0.2, 0.25) is 0 Å². The molecule has 0 saturated carbocycles. The van der Waals surface area contributed by atoms with Gasteiger partial charge < -0.3 is 14.8 Å². The van der Waals surface area contributed by atoms with Crippen molar-refractivity contribution in [1.82, 2.24) is 24.7 Å². The molecule has 1 unspecified atom stereocenters. The summed E-state index contributed by atoms with van der Waals surface area (Å²) in [6, 6.07) is 4.31. The second-order valence-corrected chi connectivity index (χ2v) is 9.39. The Bertz CT molecular complexity index is 1600. The largest absolute Gasteiger partial charge is 0.505 e. The molecule has 9 nitrogen and oxygen atoms in total. The Morgan fingerprint density at radius 2 is 1.75 bits per heavy atom. The highest BCUT2D eigenvalue weighted by molar-refractivity contribution is 5.85. The molecule has 0 bridgehead atoms. The second-order valence-electron chi connectivity index (χ2n) is 9.39. The highest BCUT2D eigenvalue weighted by Crippen LogP contribution is 2.31. The number of nitrogens with one attached hydrogen (secondary N) is 1. The Morgan fingerprint density at radius 3 is 2.27 bits per heavy atom. The van der Waals surface area contributed by atoms with Gasteiger partial charge in [0.2, 0.25) is 0 Å². The maximum Gasteiger partial charge on any atom is 0.425 e. The van der Waals surface area contributed by atoms with E-state index in [1.807, 2.05) is 6.92 Å². The maximum absolute atomic E-state index is 14.7. The first-order chi connectivity index (χ1) is 18.6. The molecule has 0 aliphatic rings. The number of aliphatic hydroxyl groups is 1. The van der Waals surface area contributed by atoms with E-state index >= 15 is 0 Å². The quantitative estimate of drug-likeness (QED) is 0.293. The minimum absolute atomic E-state index is 0.0481. The fraction of sp³-hybridized carbons (Fsp3) is 0.346. The third-order valence-corrected chi connectivity index (χ3v) is 5.78. The van der Waals surface area contributed by atoms with Gasteiger partial charge in [0.05, 0.1) is 29.3 Å². The molecule has 4 aromatic rings. The van der Waals surface area contributed by atoms with Crippen molar-refractivity contribution in [2.45, 2.75) is 58.1 Å². The van der Waals surface area contributed by atoms with Crippen LogP contribution in [0, 0.1) is 5.82 Å². The monoisotopic (exact) mass is 567 g/mol. The molecule has 3 aromatic heterocycles. The second kappa shape index (κ2) is 11.9. The lowest BCUT2D eigenvalue weighted by atomic mass is 10.0. The van der Waals surface area contributed by atoms with E-state index < -0.39 is 46.2 Å². The van der Waals surface area contributed by atoms with Crippen LogP contribution in [0.25, 0.3) is 22.2 Å². The van der Waals surface area contributed by atoms with Crippen molar-refractivity contribution in [3.8, 4) is 17.1 Å². The van der Waals surface area contributed by atoms with Crippen LogP contribution in [0.1, 0.15) is 44.7 Å². The van der Waals surface area contributed by atoms with E-state index in [0.717, 1.165) is 6.07 Å². The van der Waals surface area contributed by atoms with Crippen LogP contribution in [-0.4, -0.2) is 41.1 Å². The average Bonchev–Trinajstić information content (AvgIpc) is 2.85. The summed E-state index contributed by atoms with van der Waals surface area (Å²) >= 11 is 0. The number of rotatable bonds is 6. The first-order valence-electron chi connectivity index (χ1n) is 12.0. The third-order valence-electron chi connectivity index (χ3n) is 5.78. The molecule has 3 heterocycles. The van der Waals surface area contributed by atoms with Crippen LogP contribution in [0.5, 0.6) is 5.75 Å². The summed E-state index contributed by atoms with van der Waals surface area (Å²) in [7, 11) is 0. The Kier molecular flexibility index (Phi) is 9.03. The van der Waals surface area contributed by atoms with E-state index in [4.69, 9.17) is 5.11 Å². The zero-order valence-corrected chi connectivity index (χ0v) is 21.6. The van der Waals surface area contributed by atoms with Crippen molar-refractivity contribution < 1.29 is 32.2 Å². The van der Waals surface area contributed by atoms with Crippen molar-refractivity contribution in [3.63, 3.8) is 0 Å². The van der Waals surface area contributed by atoms with Crippen molar-refractivity contribution in [3.05, 3.63) is 80.6 Å². The number of pyridine rings is 1. The van der Waals surface area contributed by atoms with Crippen molar-refractivity contribution in [1.29, 1.82) is 0 Å². The van der Waals surface area contributed by atoms with E-state index in [1.54, 1.807) is 25.0 Å². The molecule has 40 heavy (non-hydrogen) atoms. The SMILES string of the molecule is CCCC(F)Cn1ccc2cc(-c3ncc(C(C)(C)O)cn3)c(F)cc2c1=O.O=c1[nH]ncc(O)c1C(F)(F)F. The Morgan fingerprint density at radius 1 is 1.10 bits per heavy atom. The van der Waals surface area contributed by atoms with Gasteiger partial charge in [0, 0.05) is 24.2 Å². The number of H-pyrrole nitrogens is 1. The van der Waals surface area contributed by atoms with Gasteiger partial charge >= 0.3 is 6.18 Å². The number of aromatic hydroxyl groups is 1. The van der Waals surface area contributed by atoms with Crippen LogP contribution >= 0.6 is 0 Å². The minimum atomic E-state index is -4.86. The first kappa shape index (κ1) is 30.3. The lowest BCUT2D eigenvalue weighted by molar-refractivity contribution is -0.140. The van der Waals surface area contributed by atoms with Crippen LogP contribution < -0.4 is 11.1 Å². The molecule has 0 aliphatic heterocycles. The molecule has 1 atom stereocenters. The Balaban J connectivity index is 0.000000307. The van der Waals surface area contributed by atoms with Crippen molar-refractivity contribution in [2.24, 2.45) is 0 Å². The smallest absolute Gasteiger partial charge is 0.425 e. The van der Waals surface area contributed by atoms with E-state index in [2.05, 4.69) is 15.1 Å². The molecule has 3 N–H and O–H groups in total. The fourth-order valence-corrected chi connectivity index (χ4v) is 3.68. The van der Waals surface area contributed by atoms with E-state index in [9.17, 15) is 36.6 Å². The zero-order chi connectivity index (χ0) is 29.8. The highest BCUT2D eigenvalue weighted by atomic mass is 19.4. The number of nitrogens with zero attached hydrogens (tertiary/aromatic N) is 4. The highest BCUT2D eigenvalue weighted by Gasteiger charge is 2.37. The predicted molar refractivity (Wildman–Crippen MR) is 136 cm³/mol. The summed E-state index contributed by atoms with van der Waals surface area (Å²) in [5.74, 6) is -1.65. The molecule has 0 saturated heterocycles. The number of aromatic amines is 1. The molecule has 214 valence electrons. The van der Waals surface area contributed by atoms with E-state index in [0.29, 0.717) is 30.0 Å². The topological polar surface area (TPSA) is 134 Å². The zero-order valence-electron chi connectivity index (χ0n) is 21.6. The van der Waals surface area contributed by atoms with Gasteiger partial charge in [-0.3, -0.25) is 9.59 Å². The molecule has 1 aromatic carbocycles. The van der Waals surface area contributed by atoms with Gasteiger partial charge in [-0.1, -0.05) is 13.3 Å². The van der Waals surface area contributed by atoms with Crippen LogP contribution in [-0.2, 0) is 18.3 Å². The molecule has 0 radical (unpaired) electrons. The number of aromatic nitrogens is 5. The number of hydrogen-bond donors (Lipinski definition) is 3. The Hall–Kier alpha value is -4.20. The van der Waals surface area contributed by atoms with Gasteiger partial charge in [-0.05, 0) is 43.9 Å². The molecule has 0 fully saturated rings. The lowest BCUT2D eigenvalue weighted by Gasteiger charge is -2.16. The molecular weight excluding hydrogens is 541 g/mol. The average molecular weight is 568 g/mol. The number of halogens is 5. The minimum Gasteiger partial charge on any atom is -0.505 e.